The van der Waals surface area contributed by atoms with Crippen LogP contribution in [0.15, 0.2) is 12.7 Å². The fraction of sp³-hybridized carbons (Fsp3) is 0.556. The Hall–Kier alpha value is -1.32. The van der Waals surface area contributed by atoms with E-state index in [-0.39, 0.29) is 11.8 Å². The van der Waals surface area contributed by atoms with Crippen LogP contribution < -0.4 is 0 Å². The zero-order chi connectivity index (χ0) is 9.84. The fourth-order valence-electron chi connectivity index (χ4n) is 1.21. The van der Waals surface area contributed by atoms with E-state index in [0.29, 0.717) is 19.6 Å². The highest BCUT2D eigenvalue weighted by Gasteiger charge is 2.30. The van der Waals surface area contributed by atoms with Gasteiger partial charge in [-0.25, -0.2) is 9.69 Å². The predicted octanol–water partition coefficient (Wildman–Crippen LogP) is 1.18. The molecule has 1 aliphatic rings. The summed E-state index contributed by atoms with van der Waals surface area (Å²) in [5.74, 6) is -0.370. The first-order chi connectivity index (χ1) is 6.16. The zero-order valence-electron chi connectivity index (χ0n) is 7.66. The summed E-state index contributed by atoms with van der Waals surface area (Å²) in [4.78, 5) is 23.7. The van der Waals surface area contributed by atoms with Crippen molar-refractivity contribution in [2.45, 2.75) is 13.3 Å². The third-order valence-corrected chi connectivity index (χ3v) is 1.97. The van der Waals surface area contributed by atoms with E-state index in [0.717, 1.165) is 4.90 Å². The van der Waals surface area contributed by atoms with E-state index in [1.54, 1.807) is 13.0 Å². The topological polar surface area (TPSA) is 46.6 Å². The Morgan fingerprint density at radius 2 is 2.54 bits per heavy atom. The molecular weight excluding hydrogens is 170 g/mol. The van der Waals surface area contributed by atoms with Gasteiger partial charge in [-0.05, 0) is 6.42 Å². The molecule has 4 nitrogen and oxygen atoms in total. The normalized spacial score (nSPS) is 18.2. The lowest BCUT2D eigenvalue weighted by atomic mass is 10.1. The Labute approximate surface area is 77.2 Å². The SMILES string of the molecule is C=CCC(C)C(=O)N1CCOC1=O. The first-order valence-corrected chi connectivity index (χ1v) is 4.26. The van der Waals surface area contributed by atoms with Gasteiger partial charge in [0.05, 0.1) is 6.54 Å². The largest absolute Gasteiger partial charge is 0.447 e. The van der Waals surface area contributed by atoms with E-state index in [9.17, 15) is 9.59 Å². The molecule has 0 aromatic heterocycles. The molecule has 1 saturated heterocycles. The summed E-state index contributed by atoms with van der Waals surface area (Å²) in [7, 11) is 0. The lowest BCUT2D eigenvalue weighted by molar-refractivity contribution is -0.131. The summed E-state index contributed by atoms with van der Waals surface area (Å²) in [5.41, 5.74) is 0. The van der Waals surface area contributed by atoms with Gasteiger partial charge in [-0.15, -0.1) is 6.58 Å². The number of hydrogen-bond donors (Lipinski definition) is 0. The number of nitrogens with zero attached hydrogens (tertiary/aromatic N) is 1. The molecule has 1 rings (SSSR count). The maximum atomic E-state index is 11.5. The second-order valence-corrected chi connectivity index (χ2v) is 3.03. The number of carbonyl (C=O) groups excluding carboxylic acids is 2. The van der Waals surface area contributed by atoms with Gasteiger partial charge >= 0.3 is 6.09 Å². The Morgan fingerprint density at radius 3 is 3.00 bits per heavy atom. The van der Waals surface area contributed by atoms with E-state index < -0.39 is 6.09 Å². The predicted molar refractivity (Wildman–Crippen MR) is 47.0 cm³/mol. The summed E-state index contributed by atoms with van der Waals surface area (Å²) < 4.78 is 4.66. The maximum Gasteiger partial charge on any atom is 0.416 e. The molecule has 1 heterocycles. The fourth-order valence-corrected chi connectivity index (χ4v) is 1.21. The molecule has 1 fully saturated rings. The van der Waals surface area contributed by atoms with Gasteiger partial charge in [-0.2, -0.15) is 0 Å². The number of ether oxygens (including phenoxy) is 1. The van der Waals surface area contributed by atoms with Gasteiger partial charge in [0.2, 0.25) is 5.91 Å². The Kier molecular flexibility index (Phi) is 3.06. The van der Waals surface area contributed by atoms with Crippen molar-refractivity contribution < 1.29 is 14.3 Å². The minimum atomic E-state index is -0.527. The van der Waals surface area contributed by atoms with Crippen molar-refractivity contribution in [1.82, 2.24) is 4.90 Å². The molecule has 1 unspecified atom stereocenters. The number of allylic oxidation sites excluding steroid dienone is 1. The second-order valence-electron chi connectivity index (χ2n) is 3.03. The Balaban J connectivity index is 2.55. The minimum absolute atomic E-state index is 0.178. The van der Waals surface area contributed by atoms with Gasteiger partial charge in [0.15, 0.2) is 0 Å². The average molecular weight is 183 g/mol. The number of cyclic esters (lactones) is 1. The van der Waals surface area contributed by atoms with Crippen molar-refractivity contribution >= 4 is 12.0 Å². The Morgan fingerprint density at radius 1 is 1.85 bits per heavy atom. The van der Waals surface area contributed by atoms with Crippen LogP contribution in [0.2, 0.25) is 0 Å². The molecule has 0 spiro atoms. The third kappa shape index (κ3) is 2.08. The summed E-state index contributed by atoms with van der Waals surface area (Å²) in [5, 5.41) is 0. The van der Waals surface area contributed by atoms with E-state index in [4.69, 9.17) is 0 Å². The quantitative estimate of drug-likeness (QED) is 0.617. The molecule has 4 heteroatoms. The molecule has 2 amide bonds. The van der Waals surface area contributed by atoms with E-state index in [1.807, 2.05) is 0 Å². The van der Waals surface area contributed by atoms with Crippen molar-refractivity contribution in [3.63, 3.8) is 0 Å². The number of rotatable bonds is 3. The van der Waals surface area contributed by atoms with Crippen molar-refractivity contribution in [2.24, 2.45) is 5.92 Å². The molecule has 0 aliphatic carbocycles. The van der Waals surface area contributed by atoms with Gasteiger partial charge in [0.25, 0.3) is 0 Å². The number of imide groups is 1. The van der Waals surface area contributed by atoms with Crippen LogP contribution in [0.5, 0.6) is 0 Å². The molecule has 0 aromatic rings. The van der Waals surface area contributed by atoms with Crippen molar-refractivity contribution in [3.05, 3.63) is 12.7 Å². The first kappa shape index (κ1) is 9.77. The van der Waals surface area contributed by atoms with Crippen LogP contribution in [0, 0.1) is 5.92 Å². The third-order valence-electron chi connectivity index (χ3n) is 1.97. The zero-order valence-corrected chi connectivity index (χ0v) is 7.66. The molecule has 0 aromatic carbocycles. The maximum absolute atomic E-state index is 11.5. The monoisotopic (exact) mass is 183 g/mol. The van der Waals surface area contributed by atoms with Crippen LogP contribution in [-0.2, 0) is 9.53 Å². The van der Waals surface area contributed by atoms with Crippen molar-refractivity contribution in [2.75, 3.05) is 13.2 Å². The van der Waals surface area contributed by atoms with Crippen LogP contribution in [0.25, 0.3) is 0 Å². The van der Waals surface area contributed by atoms with Crippen molar-refractivity contribution in [1.29, 1.82) is 0 Å². The van der Waals surface area contributed by atoms with Gasteiger partial charge in [0, 0.05) is 5.92 Å². The summed E-state index contributed by atoms with van der Waals surface area (Å²) in [6, 6.07) is 0. The van der Waals surface area contributed by atoms with Crippen LogP contribution in [0.4, 0.5) is 4.79 Å². The van der Waals surface area contributed by atoms with E-state index in [2.05, 4.69) is 11.3 Å². The highest BCUT2D eigenvalue weighted by Crippen LogP contribution is 2.12. The van der Waals surface area contributed by atoms with Crippen LogP contribution >= 0.6 is 0 Å². The first-order valence-electron chi connectivity index (χ1n) is 4.26. The molecule has 1 atom stereocenters. The lowest BCUT2D eigenvalue weighted by Gasteiger charge is -2.14. The number of hydrogen-bond acceptors (Lipinski definition) is 3. The molecule has 0 N–H and O–H groups in total. The van der Waals surface area contributed by atoms with Gasteiger partial charge < -0.3 is 4.74 Å². The van der Waals surface area contributed by atoms with Crippen LogP contribution in [0.1, 0.15) is 13.3 Å². The highest BCUT2D eigenvalue weighted by molar-refractivity contribution is 5.94. The minimum Gasteiger partial charge on any atom is -0.447 e. The van der Waals surface area contributed by atoms with E-state index in [1.165, 1.54) is 0 Å². The molecule has 0 radical (unpaired) electrons. The molecule has 0 saturated carbocycles. The van der Waals surface area contributed by atoms with Crippen LogP contribution in [-0.4, -0.2) is 30.1 Å². The summed E-state index contributed by atoms with van der Waals surface area (Å²) in [6.45, 7) is 6.00. The lowest BCUT2D eigenvalue weighted by Crippen LogP contribution is -2.35. The van der Waals surface area contributed by atoms with Crippen molar-refractivity contribution in [3.8, 4) is 0 Å². The Bertz CT molecular complexity index is 237. The molecule has 0 bridgehead atoms. The molecule has 72 valence electrons. The van der Waals surface area contributed by atoms with E-state index >= 15 is 0 Å². The average Bonchev–Trinajstić information content (AvgIpc) is 2.50. The van der Waals surface area contributed by atoms with Gasteiger partial charge in [-0.1, -0.05) is 13.0 Å². The van der Waals surface area contributed by atoms with Gasteiger partial charge in [-0.3, -0.25) is 4.79 Å². The summed E-state index contributed by atoms with van der Waals surface area (Å²) in [6.07, 6.45) is 1.73. The number of amides is 2. The number of carbonyl (C=O) groups is 2. The molecule has 1 aliphatic heterocycles. The highest BCUT2D eigenvalue weighted by atomic mass is 16.6. The molecular formula is C9H13NO3. The standard InChI is InChI=1S/C9H13NO3/c1-3-4-7(2)8(11)10-5-6-13-9(10)12/h3,7H,1,4-6H2,2H3. The molecule has 13 heavy (non-hydrogen) atoms. The van der Waals surface area contributed by atoms with Gasteiger partial charge in [0.1, 0.15) is 6.61 Å². The smallest absolute Gasteiger partial charge is 0.416 e. The van der Waals surface area contributed by atoms with Crippen LogP contribution in [0.3, 0.4) is 0 Å². The summed E-state index contributed by atoms with van der Waals surface area (Å²) >= 11 is 0. The second kappa shape index (κ2) is 4.07.